The Hall–Kier alpha value is -2.86. The Morgan fingerprint density at radius 3 is 2.17 bits per heavy atom. The molecule has 6 nitrogen and oxygen atoms in total. The second-order valence-corrected chi connectivity index (χ2v) is 5.45. The number of halogens is 1. The third kappa shape index (κ3) is 2.89. The fourth-order valence-corrected chi connectivity index (χ4v) is 2.39. The number of hydrogen-bond donors (Lipinski definition) is 2. The number of benzene rings is 2. The second kappa shape index (κ2) is 5.73. The number of carbonyl (C=O) groups excluding carboxylic acids is 3. The zero-order valence-corrected chi connectivity index (χ0v) is 12.8. The molecule has 2 aromatic rings. The molecule has 3 rings (SSSR count). The van der Waals surface area contributed by atoms with Crippen molar-refractivity contribution in [2.75, 3.05) is 17.7 Å². The topological polar surface area (TPSA) is 78.5 Å². The first-order valence-corrected chi connectivity index (χ1v) is 7.13. The smallest absolute Gasteiger partial charge is 0.308 e. The standard InChI is InChI=1S/C16H12ClN3O3/c1-20-14(21)12-7-6-11(8-13(12)15(20)22)19-16(23)18-10-4-2-9(17)3-5-10/h2-8H,1H3,(H2,18,19,23). The van der Waals surface area contributed by atoms with Gasteiger partial charge in [-0.2, -0.15) is 0 Å². The lowest BCUT2D eigenvalue weighted by Crippen LogP contribution is -2.24. The Morgan fingerprint density at radius 2 is 1.48 bits per heavy atom. The highest BCUT2D eigenvalue weighted by Gasteiger charge is 2.32. The predicted molar refractivity (Wildman–Crippen MR) is 87.0 cm³/mol. The van der Waals surface area contributed by atoms with Gasteiger partial charge in [0.1, 0.15) is 0 Å². The van der Waals surface area contributed by atoms with Crippen molar-refractivity contribution in [2.24, 2.45) is 0 Å². The highest BCUT2D eigenvalue weighted by Crippen LogP contribution is 2.24. The number of amides is 4. The summed E-state index contributed by atoms with van der Waals surface area (Å²) in [5.41, 5.74) is 1.62. The first-order chi connectivity index (χ1) is 11.0. The Labute approximate surface area is 137 Å². The number of rotatable bonds is 2. The molecule has 0 fully saturated rings. The van der Waals surface area contributed by atoms with E-state index in [1.807, 2.05) is 0 Å². The lowest BCUT2D eigenvalue weighted by molar-refractivity contribution is 0.0693. The Morgan fingerprint density at radius 1 is 0.913 bits per heavy atom. The molecule has 7 heteroatoms. The molecule has 0 saturated carbocycles. The predicted octanol–water partition coefficient (Wildman–Crippen LogP) is 3.21. The van der Waals surface area contributed by atoms with E-state index in [1.54, 1.807) is 30.3 Å². The molecule has 0 unspecified atom stereocenters. The van der Waals surface area contributed by atoms with Crippen LogP contribution in [0, 0.1) is 0 Å². The average molecular weight is 330 g/mol. The van der Waals surface area contributed by atoms with Crippen LogP contribution in [0.25, 0.3) is 0 Å². The van der Waals surface area contributed by atoms with Crippen LogP contribution in [-0.2, 0) is 0 Å². The van der Waals surface area contributed by atoms with E-state index < -0.39 is 6.03 Å². The summed E-state index contributed by atoms with van der Waals surface area (Å²) in [6.45, 7) is 0. The molecule has 1 heterocycles. The summed E-state index contributed by atoms with van der Waals surface area (Å²) >= 11 is 5.78. The minimum Gasteiger partial charge on any atom is -0.308 e. The van der Waals surface area contributed by atoms with Gasteiger partial charge in [-0.25, -0.2) is 4.79 Å². The second-order valence-electron chi connectivity index (χ2n) is 5.02. The molecule has 0 bridgehead atoms. The van der Waals surface area contributed by atoms with Gasteiger partial charge in [-0.15, -0.1) is 0 Å². The summed E-state index contributed by atoms with van der Waals surface area (Å²) in [7, 11) is 1.42. The van der Waals surface area contributed by atoms with E-state index in [0.717, 1.165) is 4.90 Å². The van der Waals surface area contributed by atoms with Crippen molar-refractivity contribution in [1.29, 1.82) is 0 Å². The molecule has 116 valence electrons. The third-order valence-electron chi connectivity index (χ3n) is 3.45. The molecule has 0 saturated heterocycles. The zero-order valence-electron chi connectivity index (χ0n) is 12.1. The molecular formula is C16H12ClN3O3. The highest BCUT2D eigenvalue weighted by molar-refractivity contribution is 6.30. The van der Waals surface area contributed by atoms with Crippen molar-refractivity contribution in [2.45, 2.75) is 0 Å². The molecule has 0 radical (unpaired) electrons. The quantitative estimate of drug-likeness (QED) is 0.830. The van der Waals surface area contributed by atoms with E-state index in [9.17, 15) is 14.4 Å². The third-order valence-corrected chi connectivity index (χ3v) is 3.70. The molecular weight excluding hydrogens is 318 g/mol. The number of hydrogen-bond acceptors (Lipinski definition) is 3. The molecule has 2 N–H and O–H groups in total. The number of urea groups is 1. The minimum atomic E-state index is -0.461. The monoisotopic (exact) mass is 329 g/mol. The van der Waals surface area contributed by atoms with E-state index >= 15 is 0 Å². The molecule has 1 aliphatic heterocycles. The Balaban J connectivity index is 1.74. The average Bonchev–Trinajstić information content (AvgIpc) is 2.74. The largest absolute Gasteiger partial charge is 0.323 e. The molecule has 0 aliphatic carbocycles. The molecule has 1 aliphatic rings. The van der Waals surface area contributed by atoms with E-state index in [4.69, 9.17) is 11.6 Å². The fourth-order valence-electron chi connectivity index (χ4n) is 2.27. The van der Waals surface area contributed by atoms with Crippen molar-refractivity contribution in [3.8, 4) is 0 Å². The maximum atomic E-state index is 12.0. The van der Waals surface area contributed by atoms with Crippen molar-refractivity contribution in [3.63, 3.8) is 0 Å². The number of nitrogens with zero attached hydrogens (tertiary/aromatic N) is 1. The van der Waals surface area contributed by atoms with E-state index in [2.05, 4.69) is 10.6 Å². The fraction of sp³-hybridized carbons (Fsp3) is 0.0625. The number of imide groups is 1. The maximum Gasteiger partial charge on any atom is 0.323 e. The van der Waals surface area contributed by atoms with Crippen LogP contribution in [0.5, 0.6) is 0 Å². The Bertz CT molecular complexity index is 818. The van der Waals surface area contributed by atoms with Crippen LogP contribution in [0.4, 0.5) is 16.2 Å². The first-order valence-electron chi connectivity index (χ1n) is 6.76. The van der Waals surface area contributed by atoms with Crippen molar-refractivity contribution in [3.05, 3.63) is 58.6 Å². The Kier molecular flexibility index (Phi) is 3.75. The van der Waals surface area contributed by atoms with Crippen LogP contribution < -0.4 is 10.6 Å². The van der Waals surface area contributed by atoms with Gasteiger partial charge in [-0.05, 0) is 42.5 Å². The zero-order chi connectivity index (χ0) is 16.6. The lowest BCUT2D eigenvalue weighted by atomic mass is 10.1. The van der Waals surface area contributed by atoms with Crippen molar-refractivity contribution < 1.29 is 14.4 Å². The summed E-state index contributed by atoms with van der Waals surface area (Å²) in [5, 5.41) is 5.83. The lowest BCUT2D eigenvalue weighted by Gasteiger charge is -2.08. The number of fused-ring (bicyclic) bond motifs is 1. The minimum absolute atomic E-state index is 0.279. The molecule has 23 heavy (non-hydrogen) atoms. The first kappa shape index (κ1) is 15.1. The number of anilines is 2. The summed E-state index contributed by atoms with van der Waals surface area (Å²) < 4.78 is 0. The molecule has 0 spiro atoms. The van der Waals surface area contributed by atoms with Gasteiger partial charge in [-0.1, -0.05) is 11.6 Å². The van der Waals surface area contributed by atoms with Crippen molar-refractivity contribution in [1.82, 2.24) is 4.90 Å². The molecule has 0 atom stereocenters. The van der Waals surface area contributed by atoms with Gasteiger partial charge in [0, 0.05) is 23.4 Å². The number of carbonyl (C=O) groups is 3. The summed E-state index contributed by atoms with van der Waals surface area (Å²) in [5.74, 6) is -0.728. The van der Waals surface area contributed by atoms with Gasteiger partial charge in [-0.3, -0.25) is 14.5 Å². The van der Waals surface area contributed by atoms with Crippen LogP contribution in [-0.4, -0.2) is 29.8 Å². The van der Waals surface area contributed by atoms with Gasteiger partial charge < -0.3 is 10.6 Å². The maximum absolute atomic E-state index is 12.0. The van der Waals surface area contributed by atoms with Gasteiger partial charge in [0.15, 0.2) is 0 Å². The normalized spacial score (nSPS) is 13.0. The van der Waals surface area contributed by atoms with Crippen LogP contribution >= 0.6 is 11.6 Å². The van der Waals surface area contributed by atoms with Crippen molar-refractivity contribution >= 4 is 40.8 Å². The van der Waals surface area contributed by atoms with Gasteiger partial charge >= 0.3 is 6.03 Å². The van der Waals surface area contributed by atoms with Gasteiger partial charge in [0.25, 0.3) is 11.8 Å². The van der Waals surface area contributed by atoms with Crippen LogP contribution in [0.15, 0.2) is 42.5 Å². The summed E-state index contributed by atoms with van der Waals surface area (Å²) in [6.07, 6.45) is 0. The SMILES string of the molecule is CN1C(=O)c2ccc(NC(=O)Nc3ccc(Cl)cc3)cc2C1=O. The summed E-state index contributed by atoms with van der Waals surface area (Å²) in [6, 6.07) is 10.8. The van der Waals surface area contributed by atoms with Gasteiger partial charge in [0.05, 0.1) is 11.1 Å². The van der Waals surface area contributed by atoms with Crippen LogP contribution in [0.2, 0.25) is 5.02 Å². The van der Waals surface area contributed by atoms with Gasteiger partial charge in [0.2, 0.25) is 0 Å². The van der Waals surface area contributed by atoms with E-state index in [1.165, 1.54) is 19.2 Å². The summed E-state index contributed by atoms with van der Waals surface area (Å²) in [4.78, 5) is 36.7. The molecule has 0 aromatic heterocycles. The van der Waals surface area contributed by atoms with Crippen LogP contribution in [0.3, 0.4) is 0 Å². The van der Waals surface area contributed by atoms with Crippen LogP contribution in [0.1, 0.15) is 20.7 Å². The molecule has 4 amide bonds. The van der Waals surface area contributed by atoms with E-state index in [0.29, 0.717) is 22.0 Å². The highest BCUT2D eigenvalue weighted by atomic mass is 35.5. The van der Waals surface area contributed by atoms with E-state index in [-0.39, 0.29) is 17.4 Å². The molecule has 2 aromatic carbocycles. The number of nitrogens with one attached hydrogen (secondary N) is 2.